The molecule has 0 aromatic heterocycles. The lowest BCUT2D eigenvalue weighted by molar-refractivity contribution is -0.143. The van der Waals surface area contributed by atoms with Gasteiger partial charge in [-0.15, -0.1) is 0 Å². The number of amides is 1. The molecule has 0 unspecified atom stereocenters. The second-order valence-electron chi connectivity index (χ2n) is 7.04. The van der Waals surface area contributed by atoms with E-state index in [-0.39, 0.29) is 24.0 Å². The number of benzene rings is 2. The number of carbonyl (C=O) groups excluding carboxylic acids is 3. The molecule has 0 radical (unpaired) electrons. The Morgan fingerprint density at radius 3 is 2.30 bits per heavy atom. The molecule has 1 aliphatic rings. The van der Waals surface area contributed by atoms with Crippen molar-refractivity contribution >= 4 is 46.9 Å². The number of hydrogen-bond acceptors (Lipinski definition) is 7. The number of carbonyl (C=O) groups is 3. The maximum absolute atomic E-state index is 13.4. The number of hydrogen-bond donors (Lipinski definition) is 0. The van der Waals surface area contributed by atoms with Gasteiger partial charge >= 0.3 is 11.9 Å². The Bertz CT molecular complexity index is 1100. The summed E-state index contributed by atoms with van der Waals surface area (Å²) >= 11 is 5.57. The van der Waals surface area contributed by atoms with Crippen LogP contribution in [0.2, 0.25) is 0 Å². The van der Waals surface area contributed by atoms with Gasteiger partial charge in [-0.1, -0.05) is 37.3 Å². The molecule has 0 atom stereocenters. The molecule has 0 spiro atoms. The predicted molar refractivity (Wildman–Crippen MR) is 127 cm³/mol. The van der Waals surface area contributed by atoms with E-state index in [9.17, 15) is 14.4 Å². The zero-order valence-electron chi connectivity index (χ0n) is 18.6. The molecule has 0 bridgehead atoms. The zero-order valence-corrected chi connectivity index (χ0v) is 19.4. The van der Waals surface area contributed by atoms with Gasteiger partial charge in [-0.2, -0.15) is 0 Å². The van der Waals surface area contributed by atoms with Gasteiger partial charge in [0.25, 0.3) is 5.91 Å². The topological polar surface area (TPSA) is 85.4 Å². The van der Waals surface area contributed by atoms with Crippen LogP contribution in [0.1, 0.15) is 18.1 Å². The summed E-state index contributed by atoms with van der Waals surface area (Å²) in [7, 11) is 2.54. The van der Waals surface area contributed by atoms with E-state index in [1.54, 1.807) is 30.3 Å². The maximum atomic E-state index is 13.4. The monoisotopic (exact) mass is 468 g/mol. The van der Waals surface area contributed by atoms with Gasteiger partial charge in [-0.05, 0) is 48.5 Å². The molecular weight excluding hydrogens is 444 g/mol. The molecule has 0 N–H and O–H groups in total. The fraction of sp³-hybridized carbons (Fsp3) is 0.250. The van der Waals surface area contributed by atoms with Crippen LogP contribution < -0.4 is 9.64 Å². The van der Waals surface area contributed by atoms with Crippen molar-refractivity contribution in [2.24, 2.45) is 0 Å². The maximum Gasteiger partial charge on any atom is 0.343 e. The summed E-state index contributed by atoms with van der Waals surface area (Å²) < 4.78 is 15.0. The number of rotatable bonds is 8. The van der Waals surface area contributed by atoms with Crippen molar-refractivity contribution in [1.29, 1.82) is 0 Å². The van der Waals surface area contributed by atoms with Crippen LogP contribution in [0.4, 0.5) is 5.69 Å². The van der Waals surface area contributed by atoms with E-state index < -0.39 is 17.8 Å². The highest BCUT2D eigenvalue weighted by Crippen LogP contribution is 2.31. The number of esters is 2. The molecule has 3 rings (SSSR count). The number of anilines is 1. The van der Waals surface area contributed by atoms with Crippen molar-refractivity contribution in [3.63, 3.8) is 0 Å². The number of methoxy groups -OCH3 is 2. The second kappa shape index (κ2) is 10.7. The highest BCUT2D eigenvalue weighted by molar-refractivity contribution is 7.80. The quantitative estimate of drug-likeness (QED) is 0.332. The number of nitrogens with zero attached hydrogens (tertiary/aromatic N) is 2. The van der Waals surface area contributed by atoms with Gasteiger partial charge in [0, 0.05) is 5.56 Å². The lowest BCUT2D eigenvalue weighted by Gasteiger charge is -2.19. The molecule has 1 saturated heterocycles. The van der Waals surface area contributed by atoms with E-state index in [4.69, 9.17) is 21.7 Å². The lowest BCUT2D eigenvalue weighted by Crippen LogP contribution is -2.35. The normalized spacial score (nSPS) is 14.6. The highest BCUT2D eigenvalue weighted by atomic mass is 32.1. The smallest absolute Gasteiger partial charge is 0.343 e. The summed E-state index contributed by atoms with van der Waals surface area (Å²) in [4.78, 5) is 39.8. The SMILES string of the molecule is CCc1ccc(N2C(=O)/C(=C\c3ccccc3OCC(=O)OC)N(CC(=O)OC)C2=S)cc1. The minimum absolute atomic E-state index is 0.161. The van der Waals surface area contributed by atoms with Gasteiger partial charge < -0.3 is 19.1 Å². The first kappa shape index (κ1) is 23.9. The van der Waals surface area contributed by atoms with Crippen LogP contribution in [-0.4, -0.2) is 55.2 Å². The van der Waals surface area contributed by atoms with Crippen LogP contribution >= 0.6 is 12.2 Å². The van der Waals surface area contributed by atoms with E-state index in [2.05, 4.69) is 4.74 Å². The second-order valence-corrected chi connectivity index (χ2v) is 7.40. The minimum Gasteiger partial charge on any atom is -0.481 e. The Kier molecular flexibility index (Phi) is 7.78. The summed E-state index contributed by atoms with van der Waals surface area (Å²) in [5, 5.41) is 0.161. The van der Waals surface area contributed by atoms with E-state index >= 15 is 0 Å². The first-order valence-corrected chi connectivity index (χ1v) is 10.6. The van der Waals surface area contributed by atoms with Crippen LogP contribution in [0.5, 0.6) is 5.75 Å². The molecular formula is C24H24N2O6S. The molecule has 1 amide bonds. The van der Waals surface area contributed by atoms with Gasteiger partial charge in [-0.25, -0.2) is 4.79 Å². The summed E-state index contributed by atoms with van der Waals surface area (Å²) in [6.07, 6.45) is 2.44. The van der Waals surface area contributed by atoms with Crippen LogP contribution in [0.15, 0.2) is 54.2 Å². The number of aryl methyl sites for hydroxylation is 1. The van der Waals surface area contributed by atoms with E-state index in [0.29, 0.717) is 17.0 Å². The molecule has 0 saturated carbocycles. The zero-order chi connectivity index (χ0) is 24.0. The van der Waals surface area contributed by atoms with Crippen LogP contribution in [-0.2, 0) is 30.3 Å². The number of para-hydroxylation sites is 1. The Morgan fingerprint density at radius 1 is 1.00 bits per heavy atom. The highest BCUT2D eigenvalue weighted by Gasteiger charge is 2.40. The summed E-state index contributed by atoms with van der Waals surface area (Å²) in [5.41, 5.74) is 2.43. The Hall–Kier alpha value is -3.72. The van der Waals surface area contributed by atoms with Crippen molar-refractivity contribution < 1.29 is 28.6 Å². The van der Waals surface area contributed by atoms with Gasteiger partial charge in [0.15, 0.2) is 11.7 Å². The van der Waals surface area contributed by atoms with Crippen LogP contribution in [0.3, 0.4) is 0 Å². The third-order valence-corrected chi connectivity index (χ3v) is 5.44. The molecule has 9 heteroatoms. The minimum atomic E-state index is -0.547. The summed E-state index contributed by atoms with van der Waals surface area (Å²) in [6.45, 7) is 1.52. The van der Waals surface area contributed by atoms with Crippen molar-refractivity contribution in [2.75, 3.05) is 32.3 Å². The van der Waals surface area contributed by atoms with Crippen molar-refractivity contribution in [3.8, 4) is 5.75 Å². The van der Waals surface area contributed by atoms with E-state index in [0.717, 1.165) is 12.0 Å². The van der Waals surface area contributed by atoms with Gasteiger partial charge in [-0.3, -0.25) is 14.5 Å². The molecule has 1 aliphatic heterocycles. The lowest BCUT2D eigenvalue weighted by atomic mass is 10.1. The third kappa shape index (κ3) is 5.38. The molecule has 1 heterocycles. The predicted octanol–water partition coefficient (Wildman–Crippen LogP) is 2.95. The average molecular weight is 469 g/mol. The number of ether oxygens (including phenoxy) is 3. The number of thiocarbonyl (C=S) groups is 1. The van der Waals surface area contributed by atoms with Gasteiger partial charge in [0.05, 0.1) is 19.9 Å². The molecule has 0 aliphatic carbocycles. The summed E-state index contributed by atoms with van der Waals surface area (Å²) in [6, 6.07) is 14.4. The molecule has 172 valence electrons. The Morgan fingerprint density at radius 2 is 1.67 bits per heavy atom. The van der Waals surface area contributed by atoms with Gasteiger partial charge in [0.2, 0.25) is 0 Å². The van der Waals surface area contributed by atoms with E-state index in [1.165, 1.54) is 24.0 Å². The molecule has 2 aromatic carbocycles. The molecule has 33 heavy (non-hydrogen) atoms. The first-order chi connectivity index (χ1) is 15.9. The molecule has 8 nitrogen and oxygen atoms in total. The first-order valence-electron chi connectivity index (χ1n) is 10.2. The van der Waals surface area contributed by atoms with Crippen LogP contribution in [0.25, 0.3) is 6.08 Å². The van der Waals surface area contributed by atoms with Crippen LogP contribution in [0, 0.1) is 0 Å². The largest absolute Gasteiger partial charge is 0.481 e. The Balaban J connectivity index is 2.01. The Labute approximate surface area is 197 Å². The fourth-order valence-corrected chi connectivity index (χ4v) is 3.56. The summed E-state index contributed by atoms with van der Waals surface area (Å²) in [5.74, 6) is -1.10. The standard InChI is InChI=1S/C24H24N2O6S/c1-4-16-9-11-18(12-10-16)26-23(29)19(25(24(26)33)14-21(27)30-2)13-17-7-5-6-8-20(17)32-15-22(28)31-3/h5-13H,4,14-15H2,1-3H3/b19-13+. The molecule has 2 aromatic rings. The van der Waals surface area contributed by atoms with Crippen molar-refractivity contribution in [1.82, 2.24) is 4.90 Å². The van der Waals surface area contributed by atoms with Crippen molar-refractivity contribution in [2.45, 2.75) is 13.3 Å². The van der Waals surface area contributed by atoms with E-state index in [1.807, 2.05) is 31.2 Å². The third-order valence-electron chi connectivity index (χ3n) is 5.04. The fourth-order valence-electron chi connectivity index (χ4n) is 3.21. The van der Waals surface area contributed by atoms with Gasteiger partial charge in [0.1, 0.15) is 18.0 Å². The van der Waals surface area contributed by atoms with Crippen molar-refractivity contribution in [3.05, 3.63) is 65.4 Å². The average Bonchev–Trinajstić information content (AvgIpc) is 3.06. The molecule has 1 fully saturated rings.